The fourth-order valence-electron chi connectivity index (χ4n) is 2.72. The standard InChI is InChI=1S/C22H23N3O5/c1-4-28-18-10-8-16(9-11-18)21(26)23-24-22(27)17-6-5-7-19(12-17)29-13-20-14(2)25-30-15(20)3/h5-12H,4,13H2,1-3H3,(H,23,26)(H,24,27). The Hall–Kier alpha value is -3.81. The summed E-state index contributed by atoms with van der Waals surface area (Å²) in [4.78, 5) is 24.6. The maximum absolute atomic E-state index is 12.4. The Balaban J connectivity index is 1.56. The number of nitrogens with one attached hydrogen (secondary N) is 2. The van der Waals surface area contributed by atoms with E-state index in [1.165, 1.54) is 0 Å². The van der Waals surface area contributed by atoms with E-state index in [2.05, 4.69) is 16.0 Å². The zero-order valence-electron chi connectivity index (χ0n) is 17.0. The minimum atomic E-state index is -0.461. The number of aryl methyl sites for hydroxylation is 2. The predicted molar refractivity (Wildman–Crippen MR) is 109 cm³/mol. The van der Waals surface area contributed by atoms with Crippen molar-refractivity contribution in [3.8, 4) is 11.5 Å². The average molecular weight is 409 g/mol. The van der Waals surface area contributed by atoms with Gasteiger partial charge in [0.25, 0.3) is 11.8 Å². The first-order valence-electron chi connectivity index (χ1n) is 9.46. The van der Waals surface area contributed by atoms with Gasteiger partial charge in [0.15, 0.2) is 0 Å². The maximum Gasteiger partial charge on any atom is 0.269 e. The van der Waals surface area contributed by atoms with E-state index < -0.39 is 11.8 Å². The molecule has 0 saturated carbocycles. The van der Waals surface area contributed by atoms with Crippen molar-refractivity contribution in [2.45, 2.75) is 27.4 Å². The van der Waals surface area contributed by atoms with Crippen LogP contribution in [0.3, 0.4) is 0 Å². The van der Waals surface area contributed by atoms with Crippen molar-refractivity contribution >= 4 is 11.8 Å². The summed E-state index contributed by atoms with van der Waals surface area (Å²) in [5, 5.41) is 3.89. The molecule has 0 saturated heterocycles. The third-order valence-corrected chi connectivity index (χ3v) is 4.38. The second-order valence-corrected chi connectivity index (χ2v) is 6.48. The third-order valence-electron chi connectivity index (χ3n) is 4.38. The van der Waals surface area contributed by atoms with Crippen molar-refractivity contribution in [2.24, 2.45) is 0 Å². The molecule has 8 nitrogen and oxygen atoms in total. The highest BCUT2D eigenvalue weighted by molar-refractivity contribution is 5.99. The third kappa shape index (κ3) is 5.16. The normalized spacial score (nSPS) is 10.4. The molecule has 1 aromatic heterocycles. The van der Waals surface area contributed by atoms with E-state index in [1.54, 1.807) is 48.5 Å². The van der Waals surface area contributed by atoms with Gasteiger partial charge in [0.05, 0.1) is 17.9 Å². The van der Waals surface area contributed by atoms with Crippen LogP contribution in [-0.4, -0.2) is 23.6 Å². The Morgan fingerprint density at radius 2 is 1.63 bits per heavy atom. The van der Waals surface area contributed by atoms with Crippen LogP contribution < -0.4 is 20.3 Å². The van der Waals surface area contributed by atoms with Gasteiger partial charge in [0.2, 0.25) is 0 Å². The number of hydrogen-bond donors (Lipinski definition) is 2. The van der Waals surface area contributed by atoms with Crippen molar-refractivity contribution in [1.29, 1.82) is 0 Å². The highest BCUT2D eigenvalue weighted by atomic mass is 16.5. The van der Waals surface area contributed by atoms with E-state index in [1.807, 2.05) is 20.8 Å². The molecule has 0 unspecified atom stereocenters. The number of aromatic nitrogens is 1. The van der Waals surface area contributed by atoms with Crippen LogP contribution in [0.2, 0.25) is 0 Å². The maximum atomic E-state index is 12.4. The number of amides is 2. The van der Waals surface area contributed by atoms with Crippen molar-refractivity contribution in [1.82, 2.24) is 16.0 Å². The second kappa shape index (κ2) is 9.60. The SMILES string of the molecule is CCOc1ccc(C(=O)NNC(=O)c2cccc(OCc3c(C)noc3C)c2)cc1. The lowest BCUT2D eigenvalue weighted by Crippen LogP contribution is -2.41. The topological polar surface area (TPSA) is 103 Å². The number of carbonyl (C=O) groups excluding carboxylic acids is 2. The summed E-state index contributed by atoms with van der Waals surface area (Å²) in [7, 11) is 0. The van der Waals surface area contributed by atoms with Crippen LogP contribution in [0.5, 0.6) is 11.5 Å². The Morgan fingerprint density at radius 1 is 0.933 bits per heavy atom. The molecule has 3 aromatic rings. The molecular weight excluding hydrogens is 386 g/mol. The van der Waals surface area contributed by atoms with Gasteiger partial charge in [-0.1, -0.05) is 11.2 Å². The molecule has 1 heterocycles. The van der Waals surface area contributed by atoms with E-state index in [9.17, 15) is 9.59 Å². The molecule has 0 fully saturated rings. The van der Waals surface area contributed by atoms with Gasteiger partial charge in [-0.25, -0.2) is 0 Å². The van der Waals surface area contributed by atoms with Crippen molar-refractivity contribution < 1.29 is 23.6 Å². The van der Waals surface area contributed by atoms with Crippen LogP contribution in [0.4, 0.5) is 0 Å². The first-order valence-corrected chi connectivity index (χ1v) is 9.46. The molecule has 156 valence electrons. The molecule has 2 aromatic carbocycles. The summed E-state index contributed by atoms with van der Waals surface area (Å²) >= 11 is 0. The Morgan fingerprint density at radius 3 is 2.27 bits per heavy atom. The molecule has 8 heteroatoms. The zero-order valence-corrected chi connectivity index (χ0v) is 17.0. The van der Waals surface area contributed by atoms with E-state index >= 15 is 0 Å². The van der Waals surface area contributed by atoms with Crippen LogP contribution >= 0.6 is 0 Å². The van der Waals surface area contributed by atoms with Crippen LogP contribution in [0.1, 0.15) is 44.7 Å². The lowest BCUT2D eigenvalue weighted by molar-refractivity contribution is 0.0846. The van der Waals surface area contributed by atoms with E-state index in [4.69, 9.17) is 14.0 Å². The summed E-state index contributed by atoms with van der Waals surface area (Å²) in [5.74, 6) is 0.986. The summed E-state index contributed by atoms with van der Waals surface area (Å²) in [5.41, 5.74) is 7.17. The number of ether oxygens (including phenoxy) is 2. The lowest BCUT2D eigenvalue weighted by Gasteiger charge is -2.10. The highest BCUT2D eigenvalue weighted by Gasteiger charge is 2.12. The predicted octanol–water partition coefficient (Wildman–Crippen LogP) is 3.34. The van der Waals surface area contributed by atoms with E-state index in [0.717, 1.165) is 11.3 Å². The smallest absolute Gasteiger partial charge is 0.269 e. The van der Waals surface area contributed by atoms with Gasteiger partial charge >= 0.3 is 0 Å². The summed E-state index contributed by atoms with van der Waals surface area (Å²) in [6.45, 7) is 6.36. The zero-order chi connectivity index (χ0) is 21.5. The Bertz CT molecular complexity index is 1010. The number of nitrogens with zero attached hydrogens (tertiary/aromatic N) is 1. The number of hydrazine groups is 1. The number of rotatable bonds is 7. The monoisotopic (exact) mass is 409 g/mol. The number of benzene rings is 2. The highest BCUT2D eigenvalue weighted by Crippen LogP contribution is 2.18. The molecule has 2 N–H and O–H groups in total. The molecule has 3 rings (SSSR count). The molecular formula is C22H23N3O5. The molecule has 30 heavy (non-hydrogen) atoms. The molecule has 0 aliphatic rings. The average Bonchev–Trinajstić information content (AvgIpc) is 3.08. The summed E-state index contributed by atoms with van der Waals surface area (Å²) in [6.07, 6.45) is 0. The minimum absolute atomic E-state index is 0.278. The molecule has 0 atom stereocenters. The molecule has 0 radical (unpaired) electrons. The van der Waals surface area contributed by atoms with Gasteiger partial charge in [-0.15, -0.1) is 0 Å². The number of carbonyl (C=O) groups is 2. The van der Waals surface area contributed by atoms with Crippen LogP contribution in [0.25, 0.3) is 0 Å². The minimum Gasteiger partial charge on any atom is -0.494 e. The summed E-state index contributed by atoms with van der Waals surface area (Å²) in [6, 6.07) is 13.3. The van der Waals surface area contributed by atoms with Gasteiger partial charge in [-0.3, -0.25) is 20.4 Å². The quantitative estimate of drug-likeness (QED) is 0.580. The van der Waals surface area contributed by atoms with Crippen molar-refractivity contribution in [3.63, 3.8) is 0 Å². The van der Waals surface area contributed by atoms with Crippen LogP contribution in [-0.2, 0) is 6.61 Å². The van der Waals surface area contributed by atoms with Gasteiger partial charge in [0, 0.05) is 11.1 Å². The fraction of sp³-hybridized carbons (Fsp3) is 0.227. The van der Waals surface area contributed by atoms with Crippen LogP contribution in [0, 0.1) is 13.8 Å². The number of hydrogen-bond acceptors (Lipinski definition) is 6. The van der Waals surface area contributed by atoms with E-state index in [-0.39, 0.29) is 6.61 Å². The lowest BCUT2D eigenvalue weighted by atomic mass is 10.2. The van der Waals surface area contributed by atoms with Crippen molar-refractivity contribution in [3.05, 3.63) is 76.7 Å². The molecule has 0 aliphatic heterocycles. The van der Waals surface area contributed by atoms with Crippen LogP contribution in [0.15, 0.2) is 53.1 Å². The molecule has 0 spiro atoms. The first kappa shape index (κ1) is 20.9. The van der Waals surface area contributed by atoms with Gasteiger partial charge < -0.3 is 14.0 Å². The fourth-order valence-corrected chi connectivity index (χ4v) is 2.72. The molecule has 0 bridgehead atoms. The van der Waals surface area contributed by atoms with Crippen molar-refractivity contribution in [2.75, 3.05) is 6.61 Å². The van der Waals surface area contributed by atoms with Gasteiger partial charge in [0.1, 0.15) is 23.9 Å². The molecule has 0 aliphatic carbocycles. The summed E-state index contributed by atoms with van der Waals surface area (Å²) < 4.78 is 16.2. The second-order valence-electron chi connectivity index (χ2n) is 6.48. The van der Waals surface area contributed by atoms with Gasteiger partial charge in [-0.05, 0) is 63.2 Å². The Kier molecular flexibility index (Phi) is 6.69. The van der Waals surface area contributed by atoms with Gasteiger partial charge in [-0.2, -0.15) is 0 Å². The largest absolute Gasteiger partial charge is 0.494 e. The molecule has 2 amide bonds. The van der Waals surface area contributed by atoms with E-state index in [0.29, 0.717) is 35.0 Å². The first-order chi connectivity index (χ1) is 14.5. The Labute approximate surface area is 174 Å².